The number of nitrogens with zero attached hydrogens (tertiary/aromatic N) is 2. The van der Waals surface area contributed by atoms with Crippen LogP contribution in [0.4, 0.5) is 0 Å². The van der Waals surface area contributed by atoms with Gasteiger partial charge in [0.2, 0.25) is 0 Å². The molecule has 0 radical (unpaired) electrons. The van der Waals surface area contributed by atoms with Gasteiger partial charge in [-0.2, -0.15) is 0 Å². The van der Waals surface area contributed by atoms with E-state index in [4.69, 9.17) is 11.6 Å². The number of halogens is 1. The summed E-state index contributed by atoms with van der Waals surface area (Å²) in [5.41, 5.74) is 2.45. The maximum absolute atomic E-state index is 13.1. The molecule has 2 aromatic heterocycles. The standard InChI is InChI=1S/C22H15ClN2OS/c23-17-9-11-19(12-10-17)27-21-14-16(20-8-4-5-13-24-20)15-25(22(21)26)18-6-2-1-3-7-18/h1-15H. The molecule has 132 valence electrons. The number of rotatable bonds is 4. The molecule has 3 nitrogen and oxygen atoms in total. The van der Waals surface area contributed by atoms with Crippen LogP contribution >= 0.6 is 23.4 Å². The van der Waals surface area contributed by atoms with Crippen molar-refractivity contribution in [2.45, 2.75) is 9.79 Å². The summed E-state index contributed by atoms with van der Waals surface area (Å²) >= 11 is 7.39. The van der Waals surface area contributed by atoms with Crippen molar-refractivity contribution in [1.29, 1.82) is 0 Å². The largest absolute Gasteiger partial charge is 0.283 e. The summed E-state index contributed by atoms with van der Waals surface area (Å²) in [5.74, 6) is 0. The zero-order valence-electron chi connectivity index (χ0n) is 14.2. The third-order valence-electron chi connectivity index (χ3n) is 4.02. The first-order valence-corrected chi connectivity index (χ1v) is 9.57. The highest BCUT2D eigenvalue weighted by Crippen LogP contribution is 2.29. The van der Waals surface area contributed by atoms with Crippen LogP contribution in [0, 0.1) is 0 Å². The minimum atomic E-state index is -0.0687. The molecule has 0 aliphatic rings. The fourth-order valence-corrected chi connectivity index (χ4v) is 3.74. The average molecular weight is 391 g/mol. The zero-order valence-corrected chi connectivity index (χ0v) is 15.8. The Labute approximate surface area is 166 Å². The summed E-state index contributed by atoms with van der Waals surface area (Å²) < 4.78 is 1.67. The van der Waals surface area contributed by atoms with Gasteiger partial charge < -0.3 is 0 Å². The Morgan fingerprint density at radius 1 is 0.889 bits per heavy atom. The van der Waals surface area contributed by atoms with Gasteiger partial charge in [0.15, 0.2) is 0 Å². The fourth-order valence-electron chi connectivity index (χ4n) is 2.71. The molecule has 2 heterocycles. The molecular formula is C22H15ClN2OS. The molecule has 5 heteroatoms. The van der Waals surface area contributed by atoms with E-state index in [0.717, 1.165) is 21.8 Å². The van der Waals surface area contributed by atoms with E-state index >= 15 is 0 Å². The van der Waals surface area contributed by atoms with Crippen LogP contribution < -0.4 is 5.56 Å². The smallest absolute Gasteiger partial charge is 0.269 e. The molecule has 0 saturated carbocycles. The van der Waals surface area contributed by atoms with Gasteiger partial charge in [0.05, 0.1) is 10.6 Å². The Hall–Kier alpha value is -2.82. The van der Waals surface area contributed by atoms with Gasteiger partial charge >= 0.3 is 0 Å². The van der Waals surface area contributed by atoms with Gasteiger partial charge in [-0.05, 0) is 54.6 Å². The topological polar surface area (TPSA) is 34.9 Å². The SMILES string of the molecule is O=c1c(Sc2ccc(Cl)cc2)cc(-c2ccccn2)cn1-c1ccccc1. The van der Waals surface area contributed by atoms with E-state index in [9.17, 15) is 4.79 Å². The second-order valence-electron chi connectivity index (χ2n) is 5.87. The molecule has 0 bridgehead atoms. The van der Waals surface area contributed by atoms with Crippen molar-refractivity contribution in [1.82, 2.24) is 9.55 Å². The van der Waals surface area contributed by atoms with E-state index in [2.05, 4.69) is 4.98 Å². The summed E-state index contributed by atoms with van der Waals surface area (Å²) in [4.78, 5) is 19.1. The summed E-state index contributed by atoms with van der Waals surface area (Å²) in [6.45, 7) is 0. The minimum absolute atomic E-state index is 0.0687. The number of para-hydroxylation sites is 1. The first-order valence-electron chi connectivity index (χ1n) is 8.38. The Balaban J connectivity index is 1.86. The van der Waals surface area contributed by atoms with Crippen LogP contribution in [-0.4, -0.2) is 9.55 Å². The van der Waals surface area contributed by atoms with Crippen molar-refractivity contribution in [3.8, 4) is 16.9 Å². The Bertz CT molecular complexity index is 1110. The van der Waals surface area contributed by atoms with Gasteiger partial charge in [0, 0.05) is 33.6 Å². The van der Waals surface area contributed by atoms with Gasteiger partial charge in [-0.3, -0.25) is 14.3 Å². The highest BCUT2D eigenvalue weighted by Gasteiger charge is 2.12. The maximum atomic E-state index is 13.1. The Kier molecular flexibility index (Phi) is 5.10. The van der Waals surface area contributed by atoms with Crippen LogP contribution in [0.15, 0.2) is 106 Å². The van der Waals surface area contributed by atoms with E-state index in [1.54, 1.807) is 10.8 Å². The number of aromatic nitrogens is 2. The third kappa shape index (κ3) is 3.97. The molecule has 0 aliphatic carbocycles. The van der Waals surface area contributed by atoms with E-state index in [0.29, 0.717) is 9.92 Å². The van der Waals surface area contributed by atoms with Gasteiger partial charge in [-0.25, -0.2) is 0 Å². The van der Waals surface area contributed by atoms with Gasteiger partial charge in [0.25, 0.3) is 5.56 Å². The number of benzene rings is 2. The third-order valence-corrected chi connectivity index (χ3v) is 5.29. The molecule has 0 saturated heterocycles. The van der Waals surface area contributed by atoms with E-state index in [1.807, 2.05) is 85.1 Å². The van der Waals surface area contributed by atoms with Crippen molar-refractivity contribution < 1.29 is 0 Å². The van der Waals surface area contributed by atoms with Crippen molar-refractivity contribution >= 4 is 23.4 Å². The molecule has 0 amide bonds. The highest BCUT2D eigenvalue weighted by molar-refractivity contribution is 7.99. The van der Waals surface area contributed by atoms with Crippen LogP contribution in [0.5, 0.6) is 0 Å². The lowest BCUT2D eigenvalue weighted by Crippen LogP contribution is -2.19. The summed E-state index contributed by atoms with van der Waals surface area (Å²) in [5, 5.41) is 0.670. The molecule has 0 fully saturated rings. The molecule has 4 rings (SSSR count). The fraction of sp³-hybridized carbons (Fsp3) is 0. The van der Waals surface area contributed by atoms with Gasteiger partial charge in [0.1, 0.15) is 0 Å². The molecule has 0 atom stereocenters. The second-order valence-corrected chi connectivity index (χ2v) is 7.43. The summed E-state index contributed by atoms with van der Waals surface area (Å²) in [7, 11) is 0. The van der Waals surface area contributed by atoms with Crippen molar-refractivity contribution in [2.75, 3.05) is 0 Å². The highest BCUT2D eigenvalue weighted by atomic mass is 35.5. The van der Waals surface area contributed by atoms with Crippen molar-refractivity contribution in [2.24, 2.45) is 0 Å². The number of hydrogen-bond donors (Lipinski definition) is 0. The molecule has 0 N–H and O–H groups in total. The number of pyridine rings is 2. The van der Waals surface area contributed by atoms with Crippen molar-refractivity contribution in [3.63, 3.8) is 0 Å². The van der Waals surface area contributed by atoms with E-state index in [-0.39, 0.29) is 5.56 Å². The molecular weight excluding hydrogens is 376 g/mol. The van der Waals surface area contributed by atoms with Crippen molar-refractivity contribution in [3.05, 3.63) is 107 Å². The first-order chi connectivity index (χ1) is 13.2. The van der Waals surface area contributed by atoms with Crippen LogP contribution in [-0.2, 0) is 0 Å². The lowest BCUT2D eigenvalue weighted by atomic mass is 10.2. The average Bonchev–Trinajstić information content (AvgIpc) is 2.72. The van der Waals surface area contributed by atoms with Gasteiger partial charge in [-0.1, -0.05) is 47.6 Å². The van der Waals surface area contributed by atoms with Crippen LogP contribution in [0.3, 0.4) is 0 Å². The van der Waals surface area contributed by atoms with Gasteiger partial charge in [-0.15, -0.1) is 0 Å². The Morgan fingerprint density at radius 3 is 2.33 bits per heavy atom. The normalized spacial score (nSPS) is 10.7. The lowest BCUT2D eigenvalue weighted by molar-refractivity contribution is 0.948. The van der Waals surface area contributed by atoms with E-state index < -0.39 is 0 Å². The predicted molar refractivity (Wildman–Crippen MR) is 111 cm³/mol. The zero-order chi connectivity index (χ0) is 18.6. The van der Waals surface area contributed by atoms with Crippen LogP contribution in [0.25, 0.3) is 16.9 Å². The first kappa shape index (κ1) is 17.6. The lowest BCUT2D eigenvalue weighted by Gasteiger charge is -2.12. The van der Waals surface area contributed by atoms with Crippen LogP contribution in [0.2, 0.25) is 5.02 Å². The summed E-state index contributed by atoms with van der Waals surface area (Å²) in [6, 6.07) is 24.7. The number of hydrogen-bond acceptors (Lipinski definition) is 3. The molecule has 2 aromatic carbocycles. The second kappa shape index (κ2) is 7.82. The minimum Gasteiger partial charge on any atom is -0.283 e. The quantitative estimate of drug-likeness (QED) is 0.448. The molecule has 27 heavy (non-hydrogen) atoms. The molecule has 0 spiro atoms. The molecule has 0 aliphatic heterocycles. The monoisotopic (exact) mass is 390 g/mol. The van der Waals surface area contributed by atoms with Crippen LogP contribution in [0.1, 0.15) is 0 Å². The maximum Gasteiger partial charge on any atom is 0.269 e. The molecule has 4 aromatic rings. The summed E-state index contributed by atoms with van der Waals surface area (Å²) in [6.07, 6.45) is 3.59. The Morgan fingerprint density at radius 2 is 1.63 bits per heavy atom. The predicted octanol–water partition coefficient (Wildman–Crippen LogP) is 5.70. The van der Waals surface area contributed by atoms with E-state index in [1.165, 1.54) is 11.8 Å². The molecule has 0 unspecified atom stereocenters.